The summed E-state index contributed by atoms with van der Waals surface area (Å²) in [5.74, 6) is 0.429. The van der Waals surface area contributed by atoms with Crippen molar-refractivity contribution in [2.75, 3.05) is 47.4 Å². The minimum atomic E-state index is -0.294. The zero-order valence-electron chi connectivity index (χ0n) is 14.0. The summed E-state index contributed by atoms with van der Waals surface area (Å²) in [5, 5.41) is 3.53. The van der Waals surface area contributed by atoms with Gasteiger partial charge in [0, 0.05) is 44.1 Å². The monoisotopic (exact) mass is 297 g/mol. The molecule has 1 N–H and O–H groups in total. The summed E-state index contributed by atoms with van der Waals surface area (Å²) in [6, 6.07) is 1.73. The number of nitrogens with one attached hydrogen (secondary N) is 1. The van der Waals surface area contributed by atoms with Crippen LogP contribution < -0.4 is 5.32 Å². The van der Waals surface area contributed by atoms with Gasteiger partial charge < -0.3 is 19.7 Å². The minimum Gasteiger partial charge on any atom is -0.347 e. The number of likely N-dealkylation sites (N-methyl/N-ethyl adjacent to an activating group) is 2. The van der Waals surface area contributed by atoms with Gasteiger partial charge in [-0.25, -0.2) is 0 Å². The van der Waals surface area contributed by atoms with Crippen LogP contribution in [-0.4, -0.2) is 81.2 Å². The first kappa shape index (κ1) is 15.7. The maximum Gasteiger partial charge on any atom is 0.170 e. The Morgan fingerprint density at radius 1 is 1.19 bits per heavy atom. The Morgan fingerprint density at radius 2 is 1.90 bits per heavy atom. The SMILES string of the molecule is CNC1CCC2(CC1N1CC(C)C(N(C)C)C1)OCCO2. The Labute approximate surface area is 128 Å². The predicted molar refractivity (Wildman–Crippen MR) is 83.3 cm³/mol. The second kappa shape index (κ2) is 6.13. The molecule has 1 spiro atoms. The predicted octanol–water partition coefficient (Wildman–Crippen LogP) is 0.752. The first-order valence-electron chi connectivity index (χ1n) is 8.40. The number of hydrogen-bond donors (Lipinski definition) is 1. The first-order valence-corrected chi connectivity index (χ1v) is 8.40. The van der Waals surface area contributed by atoms with Crippen molar-refractivity contribution in [1.82, 2.24) is 15.1 Å². The quantitative estimate of drug-likeness (QED) is 0.832. The van der Waals surface area contributed by atoms with Crippen LogP contribution in [0.5, 0.6) is 0 Å². The fraction of sp³-hybridized carbons (Fsp3) is 1.00. The van der Waals surface area contributed by atoms with Crippen LogP contribution in [0.15, 0.2) is 0 Å². The van der Waals surface area contributed by atoms with Gasteiger partial charge in [-0.2, -0.15) is 0 Å². The van der Waals surface area contributed by atoms with Crippen molar-refractivity contribution in [2.24, 2.45) is 5.92 Å². The van der Waals surface area contributed by atoms with Crippen LogP contribution in [0.3, 0.4) is 0 Å². The van der Waals surface area contributed by atoms with E-state index >= 15 is 0 Å². The molecule has 21 heavy (non-hydrogen) atoms. The molecular formula is C16H31N3O2. The lowest BCUT2D eigenvalue weighted by atomic mass is 9.84. The van der Waals surface area contributed by atoms with E-state index in [4.69, 9.17) is 9.47 Å². The summed E-state index contributed by atoms with van der Waals surface area (Å²) in [6.07, 6.45) is 3.17. The minimum absolute atomic E-state index is 0.294. The smallest absolute Gasteiger partial charge is 0.170 e. The highest BCUT2D eigenvalue weighted by atomic mass is 16.7. The van der Waals surface area contributed by atoms with Crippen molar-refractivity contribution in [1.29, 1.82) is 0 Å². The molecule has 0 aromatic heterocycles. The maximum atomic E-state index is 5.98. The van der Waals surface area contributed by atoms with Gasteiger partial charge in [-0.15, -0.1) is 0 Å². The third-order valence-corrected chi connectivity index (χ3v) is 5.74. The number of rotatable bonds is 3. The summed E-state index contributed by atoms with van der Waals surface area (Å²) in [6.45, 7) is 6.23. The second-order valence-electron chi connectivity index (χ2n) is 7.28. The molecule has 1 saturated carbocycles. The van der Waals surface area contributed by atoms with Crippen LogP contribution in [0.2, 0.25) is 0 Å². The molecule has 0 aromatic rings. The number of ether oxygens (including phenoxy) is 2. The van der Waals surface area contributed by atoms with Crippen LogP contribution >= 0.6 is 0 Å². The fourth-order valence-electron chi connectivity index (χ4n) is 4.54. The molecule has 2 saturated heterocycles. The van der Waals surface area contributed by atoms with Crippen LogP contribution in [0, 0.1) is 5.92 Å². The summed E-state index contributed by atoms with van der Waals surface area (Å²) >= 11 is 0. The lowest BCUT2D eigenvalue weighted by Gasteiger charge is -2.45. The van der Waals surface area contributed by atoms with E-state index in [0.717, 1.165) is 44.9 Å². The average Bonchev–Trinajstić information content (AvgIpc) is 3.06. The summed E-state index contributed by atoms with van der Waals surface area (Å²) in [7, 11) is 6.49. The van der Waals surface area contributed by atoms with Crippen LogP contribution in [0.1, 0.15) is 26.2 Å². The number of likely N-dealkylation sites (tertiary alicyclic amines) is 1. The molecule has 0 amide bonds. The lowest BCUT2D eigenvalue weighted by Crippen LogP contribution is -2.57. The van der Waals surface area contributed by atoms with E-state index in [1.807, 2.05) is 0 Å². The molecule has 122 valence electrons. The highest BCUT2D eigenvalue weighted by molar-refractivity contribution is 5.00. The topological polar surface area (TPSA) is 37.0 Å². The van der Waals surface area contributed by atoms with Gasteiger partial charge in [0.2, 0.25) is 0 Å². The summed E-state index contributed by atoms with van der Waals surface area (Å²) in [4.78, 5) is 5.04. The Hall–Kier alpha value is -0.200. The molecule has 2 heterocycles. The van der Waals surface area contributed by atoms with Crippen molar-refractivity contribution >= 4 is 0 Å². The van der Waals surface area contributed by atoms with Crippen molar-refractivity contribution in [2.45, 2.75) is 50.1 Å². The van der Waals surface area contributed by atoms with Crippen LogP contribution in [0.4, 0.5) is 0 Å². The molecule has 4 unspecified atom stereocenters. The zero-order chi connectivity index (χ0) is 15.0. The van der Waals surface area contributed by atoms with Gasteiger partial charge >= 0.3 is 0 Å². The zero-order valence-corrected chi connectivity index (χ0v) is 14.0. The maximum absolute atomic E-state index is 5.98. The second-order valence-corrected chi connectivity index (χ2v) is 7.28. The van der Waals surface area contributed by atoms with E-state index in [0.29, 0.717) is 18.1 Å². The van der Waals surface area contributed by atoms with Gasteiger partial charge in [0.1, 0.15) is 0 Å². The molecule has 1 aliphatic carbocycles. The molecule has 3 fully saturated rings. The van der Waals surface area contributed by atoms with Gasteiger partial charge in [0.15, 0.2) is 5.79 Å². The van der Waals surface area contributed by atoms with Gasteiger partial charge in [0.25, 0.3) is 0 Å². The van der Waals surface area contributed by atoms with Crippen molar-refractivity contribution < 1.29 is 9.47 Å². The highest BCUT2D eigenvalue weighted by Crippen LogP contribution is 2.39. The largest absolute Gasteiger partial charge is 0.347 e. The molecule has 0 bridgehead atoms. The van der Waals surface area contributed by atoms with Crippen molar-refractivity contribution in [3.8, 4) is 0 Å². The van der Waals surface area contributed by atoms with Gasteiger partial charge in [-0.1, -0.05) is 6.92 Å². The van der Waals surface area contributed by atoms with Crippen LogP contribution in [-0.2, 0) is 9.47 Å². The number of nitrogens with zero attached hydrogens (tertiary/aromatic N) is 2. The Balaban J connectivity index is 1.72. The van der Waals surface area contributed by atoms with Crippen LogP contribution in [0.25, 0.3) is 0 Å². The lowest BCUT2D eigenvalue weighted by molar-refractivity contribution is -0.192. The normalized spacial score (nSPS) is 40.4. The summed E-state index contributed by atoms with van der Waals surface area (Å²) in [5.41, 5.74) is 0. The van der Waals surface area contributed by atoms with Crippen molar-refractivity contribution in [3.63, 3.8) is 0 Å². The molecule has 4 atom stereocenters. The highest BCUT2D eigenvalue weighted by Gasteiger charge is 2.48. The Kier molecular flexibility index (Phi) is 4.58. The summed E-state index contributed by atoms with van der Waals surface area (Å²) < 4.78 is 12.0. The third-order valence-electron chi connectivity index (χ3n) is 5.74. The van der Waals surface area contributed by atoms with E-state index < -0.39 is 0 Å². The first-order chi connectivity index (χ1) is 10.0. The standard InChI is InChI=1S/C16H31N3O2/c1-12-10-19(11-15(12)18(3)4)14-9-16(20-7-8-21-16)6-5-13(14)17-2/h12-15,17H,5-11H2,1-4H3. The molecule has 3 rings (SSSR count). The molecule has 2 aliphatic heterocycles. The average molecular weight is 297 g/mol. The fourth-order valence-corrected chi connectivity index (χ4v) is 4.54. The Morgan fingerprint density at radius 3 is 2.48 bits per heavy atom. The molecule has 3 aliphatic rings. The molecule has 0 aromatic carbocycles. The number of hydrogen-bond acceptors (Lipinski definition) is 5. The van der Waals surface area contributed by atoms with E-state index in [1.54, 1.807) is 0 Å². The molecule has 5 nitrogen and oxygen atoms in total. The van der Waals surface area contributed by atoms with Gasteiger partial charge in [-0.3, -0.25) is 4.90 Å². The molecule has 5 heteroatoms. The molecular weight excluding hydrogens is 266 g/mol. The molecule has 0 radical (unpaired) electrons. The van der Waals surface area contributed by atoms with Crippen molar-refractivity contribution in [3.05, 3.63) is 0 Å². The Bertz CT molecular complexity index is 357. The van der Waals surface area contributed by atoms with E-state index in [-0.39, 0.29) is 5.79 Å². The van der Waals surface area contributed by atoms with Gasteiger partial charge in [0.05, 0.1) is 13.2 Å². The van der Waals surface area contributed by atoms with E-state index in [9.17, 15) is 0 Å². The van der Waals surface area contributed by atoms with E-state index in [1.165, 1.54) is 6.54 Å². The van der Waals surface area contributed by atoms with E-state index in [2.05, 4.69) is 43.2 Å². The third kappa shape index (κ3) is 2.99. The van der Waals surface area contributed by atoms with Gasteiger partial charge in [-0.05, 0) is 33.5 Å².